The summed E-state index contributed by atoms with van der Waals surface area (Å²) in [5.41, 5.74) is 0.515. The zero-order chi connectivity index (χ0) is 16.9. The van der Waals surface area contributed by atoms with Crippen molar-refractivity contribution in [2.75, 3.05) is 40.0 Å². The highest BCUT2D eigenvalue weighted by Gasteiger charge is 2.44. The van der Waals surface area contributed by atoms with Gasteiger partial charge in [0, 0.05) is 38.4 Å². The summed E-state index contributed by atoms with van der Waals surface area (Å²) in [6.45, 7) is 2.76. The second-order valence-electron chi connectivity index (χ2n) is 6.16. The minimum Gasteiger partial charge on any atom is -0.478 e. The Morgan fingerprint density at radius 1 is 1.50 bits per heavy atom. The van der Waals surface area contributed by atoms with Crippen molar-refractivity contribution in [1.29, 1.82) is 5.26 Å². The maximum atomic E-state index is 11.9. The molecule has 7 nitrogen and oxygen atoms in total. The summed E-state index contributed by atoms with van der Waals surface area (Å²) in [4.78, 5) is 17.8. The van der Waals surface area contributed by atoms with Crippen LogP contribution in [0.2, 0.25) is 0 Å². The van der Waals surface area contributed by atoms with E-state index in [9.17, 15) is 4.79 Å². The third kappa shape index (κ3) is 3.66. The number of likely N-dealkylation sites (tertiary alicyclic amines) is 1. The van der Waals surface area contributed by atoms with E-state index in [4.69, 9.17) is 19.5 Å². The highest BCUT2D eigenvalue weighted by atomic mass is 16.5. The summed E-state index contributed by atoms with van der Waals surface area (Å²) in [5, 5.41) is 8.75. The zero-order valence-electron chi connectivity index (χ0n) is 13.7. The molecule has 0 radical (unpaired) electrons. The van der Waals surface area contributed by atoms with Crippen molar-refractivity contribution >= 4 is 5.91 Å². The Morgan fingerprint density at radius 3 is 3.08 bits per heavy atom. The molecule has 128 valence electrons. The summed E-state index contributed by atoms with van der Waals surface area (Å²) < 4.78 is 16.4. The molecule has 2 aliphatic rings. The van der Waals surface area contributed by atoms with Gasteiger partial charge in [0.1, 0.15) is 12.7 Å². The molecule has 0 aliphatic carbocycles. The van der Waals surface area contributed by atoms with Crippen molar-refractivity contribution in [3.05, 3.63) is 23.9 Å². The molecule has 1 amide bonds. The van der Waals surface area contributed by atoms with Crippen LogP contribution in [0.15, 0.2) is 18.3 Å². The van der Waals surface area contributed by atoms with Gasteiger partial charge in [-0.2, -0.15) is 5.26 Å². The minimum absolute atomic E-state index is 0.0206. The molecule has 0 bridgehead atoms. The first-order chi connectivity index (χ1) is 11.7. The summed E-state index contributed by atoms with van der Waals surface area (Å²) in [7, 11) is 1.53. The molecule has 2 fully saturated rings. The third-order valence-electron chi connectivity index (χ3n) is 4.66. The monoisotopic (exact) mass is 331 g/mol. The van der Waals surface area contributed by atoms with Crippen LogP contribution in [-0.2, 0) is 14.3 Å². The molecule has 3 heterocycles. The molecule has 3 rings (SSSR count). The summed E-state index contributed by atoms with van der Waals surface area (Å²) in [6, 6.07) is 5.42. The van der Waals surface area contributed by atoms with Crippen LogP contribution in [0.5, 0.6) is 5.88 Å². The highest BCUT2D eigenvalue weighted by molar-refractivity contribution is 5.77. The van der Waals surface area contributed by atoms with Gasteiger partial charge in [-0.15, -0.1) is 0 Å². The minimum atomic E-state index is 0.0206. The predicted molar refractivity (Wildman–Crippen MR) is 84.2 cm³/mol. The topological polar surface area (TPSA) is 84.7 Å². The number of aromatic nitrogens is 1. The number of ether oxygens (including phenoxy) is 3. The highest BCUT2D eigenvalue weighted by Crippen LogP contribution is 2.35. The number of nitriles is 1. The van der Waals surface area contributed by atoms with E-state index < -0.39 is 0 Å². The van der Waals surface area contributed by atoms with Crippen LogP contribution in [0.25, 0.3) is 0 Å². The summed E-state index contributed by atoms with van der Waals surface area (Å²) in [6.07, 6.45) is 2.49. The van der Waals surface area contributed by atoms with E-state index in [0.717, 1.165) is 13.0 Å². The van der Waals surface area contributed by atoms with Crippen molar-refractivity contribution < 1.29 is 19.0 Å². The lowest BCUT2D eigenvalue weighted by atomic mass is 9.91. The molecular weight excluding hydrogens is 310 g/mol. The fourth-order valence-electron chi connectivity index (χ4n) is 3.36. The van der Waals surface area contributed by atoms with E-state index in [2.05, 4.69) is 4.98 Å². The van der Waals surface area contributed by atoms with Crippen LogP contribution in [-0.4, -0.2) is 61.9 Å². The standard InChI is InChI=1S/C17H21N3O4/c1-22-11-17(21)20-8-14-13(10-24-15(14)9-20)4-5-23-16-3-2-12(6-18)7-19-16/h2-3,7,13-15H,4-5,8-11H2,1H3/t13-,14-,15-/m0/s1. The number of pyridine rings is 1. The first-order valence-corrected chi connectivity index (χ1v) is 8.08. The van der Waals surface area contributed by atoms with Crippen molar-refractivity contribution in [2.45, 2.75) is 12.5 Å². The lowest BCUT2D eigenvalue weighted by Crippen LogP contribution is -2.33. The number of hydrogen-bond donors (Lipinski definition) is 0. The normalized spacial score (nSPS) is 25.3. The second kappa shape index (κ2) is 7.60. The van der Waals surface area contributed by atoms with E-state index in [0.29, 0.717) is 43.0 Å². The number of carbonyl (C=O) groups excluding carboxylic acids is 1. The number of carbonyl (C=O) groups is 1. The van der Waals surface area contributed by atoms with Gasteiger partial charge in [0.2, 0.25) is 11.8 Å². The van der Waals surface area contributed by atoms with Crippen LogP contribution in [0.1, 0.15) is 12.0 Å². The quantitative estimate of drug-likeness (QED) is 0.768. The Labute approximate surface area is 141 Å². The molecule has 7 heteroatoms. The smallest absolute Gasteiger partial charge is 0.248 e. The number of amides is 1. The summed E-state index contributed by atoms with van der Waals surface area (Å²) >= 11 is 0. The lowest BCUT2D eigenvalue weighted by Gasteiger charge is -2.19. The van der Waals surface area contributed by atoms with Gasteiger partial charge >= 0.3 is 0 Å². The van der Waals surface area contributed by atoms with Gasteiger partial charge in [-0.3, -0.25) is 4.79 Å². The SMILES string of the molecule is COCC(=O)N1C[C@H]2[C@@H](CCOc3ccc(C#N)cn3)CO[C@H]2C1. The van der Waals surface area contributed by atoms with Crippen LogP contribution in [0, 0.1) is 23.2 Å². The number of methoxy groups -OCH3 is 1. The van der Waals surface area contributed by atoms with Crippen molar-refractivity contribution in [3.8, 4) is 11.9 Å². The first kappa shape index (κ1) is 16.7. The van der Waals surface area contributed by atoms with Gasteiger partial charge in [0.25, 0.3) is 0 Å². The van der Waals surface area contributed by atoms with Crippen LogP contribution >= 0.6 is 0 Å². The van der Waals surface area contributed by atoms with Gasteiger partial charge in [0.15, 0.2) is 0 Å². The van der Waals surface area contributed by atoms with Crippen LogP contribution in [0.4, 0.5) is 0 Å². The van der Waals surface area contributed by atoms with E-state index >= 15 is 0 Å². The Bertz CT molecular complexity index is 613. The van der Waals surface area contributed by atoms with Crippen molar-refractivity contribution in [1.82, 2.24) is 9.88 Å². The molecule has 0 N–H and O–H groups in total. The van der Waals surface area contributed by atoms with Crippen molar-refractivity contribution in [2.24, 2.45) is 11.8 Å². The van der Waals surface area contributed by atoms with E-state index in [1.807, 2.05) is 11.0 Å². The Kier molecular flexibility index (Phi) is 5.28. The molecule has 1 aromatic heterocycles. The molecular formula is C17H21N3O4. The van der Waals surface area contributed by atoms with Gasteiger partial charge in [0.05, 0.1) is 24.9 Å². The largest absolute Gasteiger partial charge is 0.478 e. The molecule has 0 aromatic carbocycles. The fourth-order valence-corrected chi connectivity index (χ4v) is 3.36. The molecule has 0 spiro atoms. The van der Waals surface area contributed by atoms with Gasteiger partial charge < -0.3 is 19.1 Å². The van der Waals surface area contributed by atoms with E-state index in [-0.39, 0.29) is 18.6 Å². The van der Waals surface area contributed by atoms with E-state index in [1.165, 1.54) is 13.3 Å². The second-order valence-corrected chi connectivity index (χ2v) is 6.16. The fraction of sp³-hybridized carbons (Fsp3) is 0.588. The summed E-state index contributed by atoms with van der Waals surface area (Å²) in [5.74, 6) is 1.29. The van der Waals surface area contributed by atoms with Gasteiger partial charge in [-0.25, -0.2) is 4.98 Å². The maximum Gasteiger partial charge on any atom is 0.248 e. The molecule has 1 aromatic rings. The molecule has 2 saturated heterocycles. The number of fused-ring (bicyclic) bond motifs is 1. The van der Waals surface area contributed by atoms with Gasteiger partial charge in [-0.1, -0.05) is 0 Å². The lowest BCUT2D eigenvalue weighted by molar-refractivity contribution is -0.134. The number of rotatable bonds is 6. The average Bonchev–Trinajstić information content (AvgIpc) is 3.17. The van der Waals surface area contributed by atoms with Gasteiger partial charge in [-0.05, 0) is 18.4 Å². The number of hydrogen-bond acceptors (Lipinski definition) is 6. The predicted octanol–water partition coefficient (Wildman–Crippen LogP) is 0.842. The Balaban J connectivity index is 1.46. The zero-order valence-corrected chi connectivity index (χ0v) is 13.7. The van der Waals surface area contributed by atoms with E-state index in [1.54, 1.807) is 12.1 Å². The number of nitrogens with zero attached hydrogens (tertiary/aromatic N) is 3. The molecule has 0 unspecified atom stereocenters. The first-order valence-electron chi connectivity index (χ1n) is 8.08. The van der Waals surface area contributed by atoms with Crippen molar-refractivity contribution in [3.63, 3.8) is 0 Å². The molecule has 0 saturated carbocycles. The molecule has 24 heavy (non-hydrogen) atoms. The third-order valence-corrected chi connectivity index (χ3v) is 4.66. The van der Waals surface area contributed by atoms with Crippen LogP contribution in [0.3, 0.4) is 0 Å². The molecule has 2 aliphatic heterocycles. The average molecular weight is 331 g/mol. The molecule has 3 atom stereocenters. The maximum absolute atomic E-state index is 11.9. The van der Waals surface area contributed by atoms with Crippen LogP contribution < -0.4 is 4.74 Å². The Hall–Kier alpha value is -2.17. The Morgan fingerprint density at radius 2 is 2.38 bits per heavy atom.